The molecule has 0 saturated carbocycles. The molecule has 78 valence electrons. The number of rotatable bonds is 0. The first-order valence-electron chi connectivity index (χ1n) is 4.11. The molecule has 0 amide bonds. The Kier molecular flexibility index (Phi) is 2.42. The lowest BCUT2D eigenvalue weighted by atomic mass is 10.2. The van der Waals surface area contributed by atoms with E-state index in [4.69, 9.17) is 0 Å². The molecule has 0 saturated heterocycles. The van der Waals surface area contributed by atoms with Gasteiger partial charge >= 0.3 is 6.18 Å². The van der Waals surface area contributed by atoms with Gasteiger partial charge in [-0.1, -0.05) is 18.2 Å². The second kappa shape index (κ2) is 3.48. The maximum atomic E-state index is 12.4. The number of hydrogen-bond donors (Lipinski definition) is 0. The highest BCUT2D eigenvalue weighted by molar-refractivity contribution is 9.10. The van der Waals surface area contributed by atoms with Crippen LogP contribution in [0.2, 0.25) is 0 Å². The Balaban J connectivity index is 2.70. The van der Waals surface area contributed by atoms with Gasteiger partial charge in [-0.05, 0) is 28.1 Å². The predicted molar refractivity (Wildman–Crippen MR) is 54.4 cm³/mol. The number of pyridine rings is 1. The summed E-state index contributed by atoms with van der Waals surface area (Å²) in [5.74, 6) is 0. The molecular formula is C10H5BrF3N. The van der Waals surface area contributed by atoms with E-state index in [0.29, 0.717) is 15.4 Å². The fourth-order valence-corrected chi connectivity index (χ4v) is 1.74. The molecule has 0 fully saturated rings. The Labute approximate surface area is 92.1 Å². The highest BCUT2D eigenvalue weighted by Crippen LogP contribution is 2.30. The third-order valence-electron chi connectivity index (χ3n) is 1.96. The molecule has 1 heterocycles. The van der Waals surface area contributed by atoms with E-state index in [0.717, 1.165) is 6.07 Å². The number of fused-ring (bicyclic) bond motifs is 1. The van der Waals surface area contributed by atoms with Crippen LogP contribution in [0.25, 0.3) is 10.9 Å². The topological polar surface area (TPSA) is 12.9 Å². The summed E-state index contributed by atoms with van der Waals surface area (Å²) >= 11 is 3.17. The standard InChI is InChI=1S/C10H5BrF3N/c11-7-3-1-2-6-4-5-8(10(12,13)14)15-9(6)7/h1-5H. The van der Waals surface area contributed by atoms with Crippen LogP contribution < -0.4 is 0 Å². The van der Waals surface area contributed by atoms with Crippen molar-refractivity contribution in [2.45, 2.75) is 6.18 Å². The van der Waals surface area contributed by atoms with E-state index in [1.165, 1.54) is 6.07 Å². The minimum atomic E-state index is -4.40. The van der Waals surface area contributed by atoms with Crippen LogP contribution in [0, 0.1) is 0 Å². The molecule has 0 N–H and O–H groups in total. The molecular weight excluding hydrogens is 271 g/mol. The number of aromatic nitrogens is 1. The summed E-state index contributed by atoms with van der Waals surface area (Å²) in [6.45, 7) is 0. The van der Waals surface area contributed by atoms with Gasteiger partial charge in [0.1, 0.15) is 5.69 Å². The summed E-state index contributed by atoms with van der Waals surface area (Å²) in [6.07, 6.45) is -4.40. The molecule has 0 atom stereocenters. The fraction of sp³-hybridized carbons (Fsp3) is 0.100. The third-order valence-corrected chi connectivity index (χ3v) is 2.60. The monoisotopic (exact) mass is 275 g/mol. The van der Waals surface area contributed by atoms with Crippen molar-refractivity contribution in [1.29, 1.82) is 0 Å². The summed E-state index contributed by atoms with van der Waals surface area (Å²) in [5, 5.41) is 0.678. The Hall–Kier alpha value is -1.10. The minimum absolute atomic E-state index is 0.326. The molecule has 0 bridgehead atoms. The predicted octanol–water partition coefficient (Wildman–Crippen LogP) is 4.02. The molecule has 0 radical (unpaired) electrons. The number of para-hydroxylation sites is 1. The van der Waals surface area contributed by atoms with Crippen LogP contribution in [-0.4, -0.2) is 4.98 Å². The van der Waals surface area contributed by atoms with Gasteiger partial charge in [-0.3, -0.25) is 0 Å². The van der Waals surface area contributed by atoms with Gasteiger partial charge in [0.2, 0.25) is 0 Å². The van der Waals surface area contributed by atoms with Gasteiger partial charge in [0.15, 0.2) is 0 Å². The second-order valence-corrected chi connectivity index (χ2v) is 3.86. The molecule has 15 heavy (non-hydrogen) atoms. The third kappa shape index (κ3) is 1.97. The fourth-order valence-electron chi connectivity index (χ4n) is 1.27. The smallest absolute Gasteiger partial charge is 0.242 e. The van der Waals surface area contributed by atoms with Gasteiger partial charge < -0.3 is 0 Å². The summed E-state index contributed by atoms with van der Waals surface area (Å²) in [7, 11) is 0. The second-order valence-electron chi connectivity index (χ2n) is 3.01. The molecule has 0 spiro atoms. The largest absolute Gasteiger partial charge is 0.433 e. The average Bonchev–Trinajstić information content (AvgIpc) is 2.16. The maximum absolute atomic E-state index is 12.4. The van der Waals surface area contributed by atoms with Crippen molar-refractivity contribution in [3.05, 3.63) is 40.5 Å². The van der Waals surface area contributed by atoms with Crippen molar-refractivity contribution in [3.63, 3.8) is 0 Å². The quantitative estimate of drug-likeness (QED) is 0.708. The molecule has 0 unspecified atom stereocenters. The number of benzene rings is 1. The van der Waals surface area contributed by atoms with E-state index in [1.807, 2.05) is 0 Å². The summed E-state index contributed by atoms with van der Waals surface area (Å²) < 4.78 is 37.7. The molecule has 1 nitrogen and oxygen atoms in total. The first kappa shape index (κ1) is 10.4. The van der Waals surface area contributed by atoms with E-state index in [-0.39, 0.29) is 0 Å². The van der Waals surface area contributed by atoms with E-state index < -0.39 is 11.9 Å². The van der Waals surface area contributed by atoms with Gasteiger partial charge in [-0.25, -0.2) is 4.98 Å². The summed E-state index contributed by atoms with van der Waals surface area (Å²) in [4.78, 5) is 3.57. The SMILES string of the molecule is FC(F)(F)c1ccc2cccc(Br)c2n1. The normalized spacial score (nSPS) is 12.0. The van der Waals surface area contributed by atoms with Crippen LogP contribution in [0.3, 0.4) is 0 Å². The van der Waals surface area contributed by atoms with Crippen LogP contribution in [0.1, 0.15) is 5.69 Å². The van der Waals surface area contributed by atoms with Crippen LogP contribution in [0.5, 0.6) is 0 Å². The first-order valence-corrected chi connectivity index (χ1v) is 4.90. The van der Waals surface area contributed by atoms with Crippen molar-refractivity contribution in [2.24, 2.45) is 0 Å². The van der Waals surface area contributed by atoms with Gasteiger partial charge in [0.05, 0.1) is 5.52 Å². The Morgan fingerprint density at radius 2 is 1.80 bits per heavy atom. The van der Waals surface area contributed by atoms with E-state index in [9.17, 15) is 13.2 Å². The molecule has 0 aliphatic carbocycles. The van der Waals surface area contributed by atoms with Crippen LogP contribution in [-0.2, 0) is 6.18 Å². The van der Waals surface area contributed by atoms with Gasteiger partial charge in [-0.15, -0.1) is 0 Å². The van der Waals surface area contributed by atoms with Gasteiger partial charge in [0, 0.05) is 9.86 Å². The number of alkyl halides is 3. The lowest BCUT2D eigenvalue weighted by Crippen LogP contribution is -2.07. The number of nitrogens with zero attached hydrogens (tertiary/aromatic N) is 1. The molecule has 2 rings (SSSR count). The Morgan fingerprint density at radius 1 is 1.07 bits per heavy atom. The molecule has 0 aliphatic heterocycles. The highest BCUT2D eigenvalue weighted by atomic mass is 79.9. The summed E-state index contributed by atoms with van der Waals surface area (Å²) in [5.41, 5.74) is -0.547. The van der Waals surface area contributed by atoms with E-state index in [1.54, 1.807) is 18.2 Å². The van der Waals surface area contributed by atoms with Crippen molar-refractivity contribution >= 4 is 26.8 Å². The Bertz CT molecular complexity index is 507. The van der Waals surface area contributed by atoms with Crippen molar-refractivity contribution in [1.82, 2.24) is 4.98 Å². The minimum Gasteiger partial charge on any atom is -0.242 e. The van der Waals surface area contributed by atoms with Gasteiger partial charge in [0.25, 0.3) is 0 Å². The lowest BCUT2D eigenvalue weighted by Gasteiger charge is -2.07. The van der Waals surface area contributed by atoms with Crippen molar-refractivity contribution in [2.75, 3.05) is 0 Å². The van der Waals surface area contributed by atoms with Crippen molar-refractivity contribution in [3.8, 4) is 0 Å². The molecule has 2 aromatic rings. The Morgan fingerprint density at radius 3 is 2.47 bits per heavy atom. The zero-order valence-electron chi connectivity index (χ0n) is 7.35. The first-order chi connectivity index (χ1) is 6.98. The van der Waals surface area contributed by atoms with E-state index in [2.05, 4.69) is 20.9 Å². The summed E-state index contributed by atoms with van der Waals surface area (Å²) in [6, 6.07) is 7.52. The zero-order chi connectivity index (χ0) is 11.1. The van der Waals surface area contributed by atoms with Gasteiger partial charge in [-0.2, -0.15) is 13.2 Å². The van der Waals surface area contributed by atoms with Crippen LogP contribution >= 0.6 is 15.9 Å². The highest BCUT2D eigenvalue weighted by Gasteiger charge is 2.32. The van der Waals surface area contributed by atoms with Crippen LogP contribution in [0.15, 0.2) is 34.8 Å². The molecule has 1 aromatic heterocycles. The number of hydrogen-bond acceptors (Lipinski definition) is 1. The molecule has 1 aromatic carbocycles. The lowest BCUT2D eigenvalue weighted by molar-refractivity contribution is -0.140. The average molecular weight is 276 g/mol. The molecule has 5 heteroatoms. The molecule has 0 aliphatic rings. The number of halogens is 4. The van der Waals surface area contributed by atoms with Crippen LogP contribution in [0.4, 0.5) is 13.2 Å². The maximum Gasteiger partial charge on any atom is 0.433 e. The van der Waals surface area contributed by atoms with E-state index >= 15 is 0 Å². The van der Waals surface area contributed by atoms with Crippen molar-refractivity contribution < 1.29 is 13.2 Å². The zero-order valence-corrected chi connectivity index (χ0v) is 8.93.